The zero-order valence-electron chi connectivity index (χ0n) is 17.2. The maximum absolute atomic E-state index is 11.4. The molecule has 2 heterocycles. The number of hydrogen-bond donors (Lipinski definition) is 7. The second-order valence-corrected chi connectivity index (χ2v) is 7.74. The van der Waals surface area contributed by atoms with E-state index < -0.39 is 74.6 Å². The third-order valence-electron chi connectivity index (χ3n) is 5.45. The Labute approximate surface area is 183 Å². The molecule has 1 aromatic carbocycles. The number of ether oxygens (including phenoxy) is 4. The molecular weight excluding hydrogens is 432 g/mol. The molecule has 0 aromatic heterocycles. The number of carbonyl (C=O) groups excluding carboxylic acids is 1. The van der Waals surface area contributed by atoms with E-state index in [4.69, 9.17) is 18.9 Å². The van der Waals surface area contributed by atoms with Crippen molar-refractivity contribution < 1.29 is 59.5 Å². The van der Waals surface area contributed by atoms with Gasteiger partial charge in [0.1, 0.15) is 54.6 Å². The van der Waals surface area contributed by atoms with Crippen LogP contribution in [0.5, 0.6) is 5.75 Å². The molecule has 32 heavy (non-hydrogen) atoms. The number of hydrogen-bond acceptors (Lipinski definition) is 12. The lowest BCUT2D eigenvalue weighted by atomic mass is 9.98. The molecule has 2 aliphatic rings. The van der Waals surface area contributed by atoms with Crippen molar-refractivity contribution in [2.24, 2.45) is 0 Å². The van der Waals surface area contributed by atoms with E-state index >= 15 is 0 Å². The zero-order valence-corrected chi connectivity index (χ0v) is 17.2. The zero-order chi connectivity index (χ0) is 23.6. The smallest absolute Gasteiger partial charge is 0.229 e. The Kier molecular flexibility index (Phi) is 8.16. The lowest BCUT2D eigenvalue weighted by Gasteiger charge is -2.42. The lowest BCUT2D eigenvalue weighted by Crippen LogP contribution is -2.62. The molecule has 10 atom stereocenters. The molecule has 0 spiro atoms. The first-order valence-electron chi connectivity index (χ1n) is 10.0. The number of aliphatic hydroxyl groups excluding tert-OH is 7. The van der Waals surface area contributed by atoms with Gasteiger partial charge in [0.2, 0.25) is 6.29 Å². The van der Waals surface area contributed by atoms with Crippen molar-refractivity contribution in [2.45, 2.75) is 68.3 Å². The van der Waals surface area contributed by atoms with E-state index in [9.17, 15) is 40.5 Å². The predicted octanol–water partition coefficient (Wildman–Crippen LogP) is -3.11. The number of aliphatic hydroxyl groups is 7. The van der Waals surface area contributed by atoms with Crippen molar-refractivity contribution in [3.05, 3.63) is 29.8 Å². The molecule has 2 aliphatic heterocycles. The summed E-state index contributed by atoms with van der Waals surface area (Å²) >= 11 is 0. The van der Waals surface area contributed by atoms with E-state index in [2.05, 4.69) is 0 Å². The Morgan fingerprint density at radius 3 is 1.91 bits per heavy atom. The van der Waals surface area contributed by atoms with Gasteiger partial charge in [-0.25, -0.2) is 0 Å². The number of rotatable bonds is 7. The summed E-state index contributed by atoms with van der Waals surface area (Å²) in [6.45, 7) is 0.301. The number of carbonyl (C=O) groups is 1. The molecule has 2 fully saturated rings. The van der Waals surface area contributed by atoms with E-state index in [1.807, 2.05) is 0 Å². The first-order chi connectivity index (χ1) is 15.1. The van der Waals surface area contributed by atoms with Gasteiger partial charge < -0.3 is 54.7 Å². The monoisotopic (exact) mass is 460 g/mol. The molecule has 2 saturated heterocycles. The highest BCUT2D eigenvalue weighted by atomic mass is 16.7. The van der Waals surface area contributed by atoms with Crippen LogP contribution < -0.4 is 4.74 Å². The summed E-state index contributed by atoms with van der Waals surface area (Å²) in [6.07, 6.45) is -15.0. The van der Waals surface area contributed by atoms with Crippen LogP contribution in [0.15, 0.2) is 24.3 Å². The van der Waals surface area contributed by atoms with E-state index in [1.54, 1.807) is 0 Å². The van der Waals surface area contributed by atoms with Crippen molar-refractivity contribution in [3.63, 3.8) is 0 Å². The first-order valence-corrected chi connectivity index (χ1v) is 10.0. The minimum Gasteiger partial charge on any atom is -0.462 e. The summed E-state index contributed by atoms with van der Waals surface area (Å²) in [7, 11) is 0. The van der Waals surface area contributed by atoms with Gasteiger partial charge in [0, 0.05) is 5.56 Å². The van der Waals surface area contributed by atoms with Crippen LogP contribution in [0.25, 0.3) is 0 Å². The van der Waals surface area contributed by atoms with E-state index in [0.717, 1.165) is 0 Å². The number of ketones is 1. The van der Waals surface area contributed by atoms with Crippen molar-refractivity contribution in [1.82, 2.24) is 0 Å². The van der Waals surface area contributed by atoms with Crippen LogP contribution in [-0.2, 0) is 14.2 Å². The predicted molar refractivity (Wildman–Crippen MR) is 103 cm³/mol. The highest BCUT2D eigenvalue weighted by Gasteiger charge is 2.47. The Bertz CT molecular complexity index is 755. The van der Waals surface area contributed by atoms with Gasteiger partial charge in [-0.15, -0.1) is 0 Å². The number of benzene rings is 1. The second-order valence-electron chi connectivity index (χ2n) is 7.74. The molecule has 0 saturated carbocycles. The van der Waals surface area contributed by atoms with Crippen LogP contribution >= 0.6 is 0 Å². The first kappa shape index (κ1) is 24.9. The highest BCUT2D eigenvalue weighted by Crippen LogP contribution is 2.27. The molecule has 3 rings (SSSR count). The average Bonchev–Trinajstić information content (AvgIpc) is 2.78. The standard InChI is InChI=1S/C20H28O12/c1-8(22)9-2-4-10(5-3-9)30-20-18(28)16(26)14(24)12(32-20)7-29-19-17(27)15(25)13(23)11(6-21)31-19/h2-5,11-21,23-28H,6-7H2,1H3/t11-,12-,13-,14-,15+,16+,17-,18-,19+,20-/m1/s1. The molecule has 0 unspecified atom stereocenters. The van der Waals surface area contributed by atoms with Crippen LogP contribution in [0.2, 0.25) is 0 Å². The van der Waals surface area contributed by atoms with E-state index in [-0.39, 0.29) is 11.5 Å². The minimum absolute atomic E-state index is 0.144. The van der Waals surface area contributed by atoms with Gasteiger partial charge in [-0.05, 0) is 31.2 Å². The van der Waals surface area contributed by atoms with Crippen molar-refractivity contribution >= 4 is 5.78 Å². The lowest BCUT2D eigenvalue weighted by molar-refractivity contribution is -0.323. The fraction of sp³-hybridized carbons (Fsp3) is 0.650. The molecule has 1 aromatic rings. The quantitative estimate of drug-likeness (QED) is 0.203. The molecule has 0 radical (unpaired) electrons. The Hall–Kier alpha value is -1.71. The highest BCUT2D eigenvalue weighted by molar-refractivity contribution is 5.94. The molecule has 0 bridgehead atoms. The summed E-state index contributed by atoms with van der Waals surface area (Å²) in [5.74, 6) is 0.0886. The summed E-state index contributed by atoms with van der Waals surface area (Å²) < 4.78 is 21.6. The molecule has 180 valence electrons. The van der Waals surface area contributed by atoms with Crippen LogP contribution in [0.3, 0.4) is 0 Å². The average molecular weight is 460 g/mol. The van der Waals surface area contributed by atoms with Gasteiger partial charge in [-0.3, -0.25) is 4.79 Å². The Morgan fingerprint density at radius 1 is 0.812 bits per heavy atom. The third-order valence-corrected chi connectivity index (χ3v) is 5.45. The summed E-state index contributed by atoms with van der Waals surface area (Å²) in [5.41, 5.74) is 0.448. The van der Waals surface area contributed by atoms with Gasteiger partial charge in [0.25, 0.3) is 0 Å². The van der Waals surface area contributed by atoms with Crippen molar-refractivity contribution in [3.8, 4) is 5.75 Å². The molecule has 12 nitrogen and oxygen atoms in total. The fourth-order valence-electron chi connectivity index (χ4n) is 3.45. The van der Waals surface area contributed by atoms with Crippen molar-refractivity contribution in [1.29, 1.82) is 0 Å². The minimum atomic E-state index is -1.66. The molecule has 0 aliphatic carbocycles. The van der Waals surface area contributed by atoms with Crippen LogP contribution in [0.1, 0.15) is 17.3 Å². The fourth-order valence-corrected chi connectivity index (χ4v) is 3.45. The SMILES string of the molecule is CC(=O)c1ccc(O[C@@H]2O[C@H](CO[C@H]3O[C@H](CO)[C@@H](O)[C@H](O)[C@H]3O)[C@@H](O)[C@H](O)[C@H]2O)cc1. The second kappa shape index (κ2) is 10.5. The molecule has 12 heteroatoms. The van der Waals surface area contributed by atoms with Gasteiger partial charge in [0.05, 0.1) is 13.2 Å². The van der Waals surface area contributed by atoms with Crippen LogP contribution in [0, 0.1) is 0 Å². The summed E-state index contributed by atoms with van der Waals surface area (Å²) in [4.78, 5) is 11.4. The largest absolute Gasteiger partial charge is 0.462 e. The molecule has 0 amide bonds. The van der Waals surface area contributed by atoms with Crippen LogP contribution in [0.4, 0.5) is 0 Å². The van der Waals surface area contributed by atoms with Gasteiger partial charge in [0.15, 0.2) is 12.1 Å². The van der Waals surface area contributed by atoms with Gasteiger partial charge in [-0.1, -0.05) is 0 Å². The summed E-state index contributed by atoms with van der Waals surface area (Å²) in [6, 6.07) is 5.98. The van der Waals surface area contributed by atoms with Gasteiger partial charge >= 0.3 is 0 Å². The molecular formula is C20H28O12. The Balaban J connectivity index is 1.64. The topological polar surface area (TPSA) is 196 Å². The van der Waals surface area contributed by atoms with Crippen LogP contribution in [-0.4, -0.2) is 116 Å². The maximum atomic E-state index is 11.4. The van der Waals surface area contributed by atoms with E-state index in [0.29, 0.717) is 5.56 Å². The van der Waals surface area contributed by atoms with E-state index in [1.165, 1.54) is 31.2 Å². The Morgan fingerprint density at radius 2 is 1.34 bits per heavy atom. The summed E-state index contributed by atoms with van der Waals surface area (Å²) in [5, 5.41) is 69.5. The number of Topliss-reactive ketones (excluding diaryl/α,β-unsaturated/α-hetero) is 1. The normalized spacial score (nSPS) is 40.1. The third kappa shape index (κ3) is 5.26. The maximum Gasteiger partial charge on any atom is 0.229 e. The van der Waals surface area contributed by atoms with Crippen molar-refractivity contribution in [2.75, 3.05) is 13.2 Å². The van der Waals surface area contributed by atoms with Gasteiger partial charge in [-0.2, -0.15) is 0 Å². The molecule has 7 N–H and O–H groups in total.